The Labute approximate surface area is 177 Å². The summed E-state index contributed by atoms with van der Waals surface area (Å²) in [5, 5.41) is 6.21. The lowest BCUT2D eigenvalue weighted by atomic mass is 9.90. The Morgan fingerprint density at radius 1 is 0.967 bits per heavy atom. The van der Waals surface area contributed by atoms with E-state index in [4.69, 9.17) is 5.73 Å². The smallest absolute Gasteiger partial charge is 0.257 e. The number of nitrogens with one attached hydrogen (secondary N) is 2. The van der Waals surface area contributed by atoms with E-state index in [9.17, 15) is 14.4 Å². The molecule has 4 rings (SSSR count). The SMILES string of the molecule is NC(=O)c1ccc(NC(=O)[C@@H]2CCCc3sc(NC(=O)c4ccccc4)nc32)cc1. The predicted molar refractivity (Wildman–Crippen MR) is 116 cm³/mol. The van der Waals surface area contributed by atoms with E-state index in [1.807, 2.05) is 6.07 Å². The lowest BCUT2D eigenvalue weighted by molar-refractivity contribution is -0.117. The number of benzene rings is 2. The van der Waals surface area contributed by atoms with Gasteiger partial charge in [-0.3, -0.25) is 19.7 Å². The van der Waals surface area contributed by atoms with Gasteiger partial charge in [0.25, 0.3) is 5.91 Å². The zero-order valence-corrected chi connectivity index (χ0v) is 16.9. The van der Waals surface area contributed by atoms with E-state index in [1.54, 1.807) is 48.5 Å². The van der Waals surface area contributed by atoms with E-state index < -0.39 is 5.91 Å². The molecule has 7 nitrogen and oxygen atoms in total. The first-order valence-electron chi connectivity index (χ1n) is 9.58. The first kappa shape index (κ1) is 19.8. The van der Waals surface area contributed by atoms with Gasteiger partial charge in [-0.15, -0.1) is 11.3 Å². The van der Waals surface area contributed by atoms with Gasteiger partial charge >= 0.3 is 0 Å². The molecule has 0 saturated heterocycles. The van der Waals surface area contributed by atoms with Crippen LogP contribution in [0.5, 0.6) is 0 Å². The molecule has 0 fully saturated rings. The van der Waals surface area contributed by atoms with Crippen LogP contribution in [-0.2, 0) is 11.2 Å². The van der Waals surface area contributed by atoms with Crippen molar-refractivity contribution in [2.45, 2.75) is 25.2 Å². The molecule has 0 unspecified atom stereocenters. The number of rotatable bonds is 5. The van der Waals surface area contributed by atoms with Crippen molar-refractivity contribution in [3.63, 3.8) is 0 Å². The monoisotopic (exact) mass is 420 g/mol. The third kappa shape index (κ3) is 4.23. The summed E-state index contributed by atoms with van der Waals surface area (Å²) in [6, 6.07) is 15.4. The highest BCUT2D eigenvalue weighted by Gasteiger charge is 2.30. The fraction of sp³-hybridized carbons (Fsp3) is 0.182. The van der Waals surface area contributed by atoms with Gasteiger partial charge in [0, 0.05) is 21.7 Å². The fourth-order valence-electron chi connectivity index (χ4n) is 3.43. The minimum atomic E-state index is -0.516. The van der Waals surface area contributed by atoms with Crippen molar-refractivity contribution in [1.29, 1.82) is 0 Å². The molecule has 0 aliphatic heterocycles. The maximum Gasteiger partial charge on any atom is 0.257 e. The molecule has 152 valence electrons. The summed E-state index contributed by atoms with van der Waals surface area (Å²) in [5.74, 6) is -1.29. The summed E-state index contributed by atoms with van der Waals surface area (Å²) in [4.78, 5) is 42.0. The van der Waals surface area contributed by atoms with Gasteiger partial charge in [0.1, 0.15) is 0 Å². The number of nitrogens with two attached hydrogens (primary N) is 1. The second-order valence-corrected chi connectivity index (χ2v) is 8.11. The lowest BCUT2D eigenvalue weighted by Gasteiger charge is -2.20. The van der Waals surface area contributed by atoms with Crippen molar-refractivity contribution >= 4 is 39.9 Å². The van der Waals surface area contributed by atoms with Crippen molar-refractivity contribution in [2.24, 2.45) is 5.73 Å². The predicted octanol–water partition coefficient (Wildman–Crippen LogP) is 3.55. The van der Waals surface area contributed by atoms with Crippen molar-refractivity contribution < 1.29 is 14.4 Å². The van der Waals surface area contributed by atoms with Gasteiger partial charge < -0.3 is 11.1 Å². The normalized spacial score (nSPS) is 15.1. The second kappa shape index (κ2) is 8.46. The number of primary amides is 1. The minimum Gasteiger partial charge on any atom is -0.366 e. The Balaban J connectivity index is 1.48. The van der Waals surface area contributed by atoms with Crippen LogP contribution >= 0.6 is 11.3 Å². The summed E-state index contributed by atoms with van der Waals surface area (Å²) in [6.07, 6.45) is 2.40. The molecule has 8 heteroatoms. The third-order valence-electron chi connectivity index (χ3n) is 4.96. The first-order chi connectivity index (χ1) is 14.5. The third-order valence-corrected chi connectivity index (χ3v) is 6.01. The van der Waals surface area contributed by atoms with E-state index in [1.165, 1.54) is 11.3 Å². The Morgan fingerprint density at radius 3 is 2.40 bits per heavy atom. The van der Waals surface area contributed by atoms with Gasteiger partial charge in [-0.25, -0.2) is 4.98 Å². The molecule has 4 N–H and O–H groups in total. The van der Waals surface area contributed by atoms with Crippen molar-refractivity contribution in [2.75, 3.05) is 10.6 Å². The van der Waals surface area contributed by atoms with E-state index in [-0.39, 0.29) is 17.7 Å². The van der Waals surface area contributed by atoms with Gasteiger partial charge in [0.05, 0.1) is 11.6 Å². The van der Waals surface area contributed by atoms with Crippen LogP contribution in [0, 0.1) is 0 Å². The van der Waals surface area contributed by atoms with Crippen LogP contribution in [-0.4, -0.2) is 22.7 Å². The Hall–Kier alpha value is -3.52. The number of thiazole rings is 1. The van der Waals surface area contributed by atoms with Gasteiger partial charge in [0.15, 0.2) is 5.13 Å². The van der Waals surface area contributed by atoms with Crippen LogP contribution in [0.3, 0.4) is 0 Å². The molecule has 1 heterocycles. The first-order valence-corrected chi connectivity index (χ1v) is 10.4. The Morgan fingerprint density at radius 2 is 1.70 bits per heavy atom. The highest BCUT2D eigenvalue weighted by molar-refractivity contribution is 7.16. The summed E-state index contributed by atoms with van der Waals surface area (Å²) >= 11 is 1.42. The number of carbonyl (C=O) groups is 3. The van der Waals surface area contributed by atoms with Crippen LogP contribution in [0.25, 0.3) is 0 Å². The molecule has 0 bridgehead atoms. The average molecular weight is 420 g/mol. The van der Waals surface area contributed by atoms with Gasteiger partial charge in [-0.1, -0.05) is 18.2 Å². The zero-order valence-electron chi connectivity index (χ0n) is 16.1. The molecule has 2 aromatic carbocycles. The Kier molecular flexibility index (Phi) is 5.58. The molecule has 3 amide bonds. The zero-order chi connectivity index (χ0) is 21.1. The summed E-state index contributed by atoms with van der Waals surface area (Å²) < 4.78 is 0. The summed E-state index contributed by atoms with van der Waals surface area (Å²) in [7, 11) is 0. The van der Waals surface area contributed by atoms with Crippen LogP contribution < -0.4 is 16.4 Å². The molecule has 1 aliphatic rings. The number of carbonyl (C=O) groups excluding carboxylic acids is 3. The standard InChI is InChI=1S/C22H20N4O3S/c23-19(27)13-9-11-15(12-10-13)24-21(29)16-7-4-8-17-18(16)25-22(30-17)26-20(28)14-5-2-1-3-6-14/h1-3,5-6,9-12,16H,4,7-8H2,(H2,23,27)(H,24,29)(H,25,26,28)/t16-/m1/s1. The molecule has 1 aromatic heterocycles. The fourth-order valence-corrected chi connectivity index (χ4v) is 4.49. The summed E-state index contributed by atoms with van der Waals surface area (Å²) in [6.45, 7) is 0. The number of amides is 3. The molecule has 0 spiro atoms. The number of nitrogens with zero attached hydrogens (tertiary/aromatic N) is 1. The molecule has 1 atom stereocenters. The number of aryl methyl sites for hydroxylation is 1. The lowest BCUT2D eigenvalue weighted by Crippen LogP contribution is -2.24. The number of hydrogen-bond donors (Lipinski definition) is 3. The van der Waals surface area contributed by atoms with E-state index in [0.29, 0.717) is 28.4 Å². The van der Waals surface area contributed by atoms with Crippen LogP contribution in [0.1, 0.15) is 50.0 Å². The maximum absolute atomic E-state index is 12.9. The van der Waals surface area contributed by atoms with Gasteiger partial charge in [0.2, 0.25) is 11.8 Å². The largest absolute Gasteiger partial charge is 0.366 e. The van der Waals surface area contributed by atoms with E-state index in [0.717, 1.165) is 23.4 Å². The van der Waals surface area contributed by atoms with Crippen molar-refractivity contribution in [3.8, 4) is 0 Å². The number of anilines is 2. The molecular weight excluding hydrogens is 400 g/mol. The second-order valence-electron chi connectivity index (χ2n) is 7.02. The van der Waals surface area contributed by atoms with Gasteiger partial charge in [-0.2, -0.15) is 0 Å². The van der Waals surface area contributed by atoms with Gasteiger partial charge in [-0.05, 0) is 55.7 Å². The number of hydrogen-bond acceptors (Lipinski definition) is 5. The highest BCUT2D eigenvalue weighted by Crippen LogP contribution is 2.37. The minimum absolute atomic E-state index is 0.158. The molecule has 30 heavy (non-hydrogen) atoms. The molecule has 1 aliphatic carbocycles. The highest BCUT2D eigenvalue weighted by atomic mass is 32.1. The van der Waals surface area contributed by atoms with E-state index in [2.05, 4.69) is 15.6 Å². The summed E-state index contributed by atoms with van der Waals surface area (Å²) in [5.41, 5.74) is 7.49. The van der Waals surface area contributed by atoms with Crippen LogP contribution in [0.15, 0.2) is 54.6 Å². The van der Waals surface area contributed by atoms with Crippen molar-refractivity contribution in [3.05, 3.63) is 76.3 Å². The number of fused-ring (bicyclic) bond motifs is 1. The topological polar surface area (TPSA) is 114 Å². The maximum atomic E-state index is 12.9. The Bertz CT molecular complexity index is 1090. The van der Waals surface area contributed by atoms with Crippen LogP contribution in [0.4, 0.5) is 10.8 Å². The van der Waals surface area contributed by atoms with Crippen molar-refractivity contribution in [1.82, 2.24) is 4.98 Å². The number of aromatic nitrogens is 1. The quantitative estimate of drug-likeness (QED) is 0.585. The van der Waals surface area contributed by atoms with Crippen LogP contribution in [0.2, 0.25) is 0 Å². The average Bonchev–Trinajstić information content (AvgIpc) is 3.17. The molecule has 3 aromatic rings. The molecular formula is C22H20N4O3S. The molecule has 0 radical (unpaired) electrons. The molecule has 0 saturated carbocycles. The van der Waals surface area contributed by atoms with E-state index >= 15 is 0 Å².